The number of carbonyl (C=O) groups is 3. The van der Waals surface area contributed by atoms with E-state index >= 15 is 0 Å². The van der Waals surface area contributed by atoms with Gasteiger partial charge < -0.3 is 19.9 Å². The maximum absolute atomic E-state index is 13.7. The van der Waals surface area contributed by atoms with Crippen LogP contribution >= 0.6 is 0 Å². The normalized spacial score (nSPS) is 13.2. The molecule has 1 aromatic carbocycles. The number of ether oxygens (including phenoxy) is 1. The number of likely N-dealkylation sites (N-methyl/N-ethyl adjacent to an activating group) is 1. The van der Waals surface area contributed by atoms with Gasteiger partial charge in [-0.25, -0.2) is 14.2 Å². The second-order valence-electron chi connectivity index (χ2n) is 9.85. The van der Waals surface area contributed by atoms with Crippen molar-refractivity contribution in [3.8, 4) is 5.75 Å². The monoisotopic (exact) mass is 552 g/mol. The van der Waals surface area contributed by atoms with Crippen LogP contribution in [-0.4, -0.2) is 79.4 Å². The summed E-state index contributed by atoms with van der Waals surface area (Å²) in [7, 11) is 5.30. The number of unbranched alkanes of at least 4 members (excludes halogenated alkanes) is 1. The lowest BCUT2D eigenvalue weighted by molar-refractivity contribution is -0.117. The Hall–Kier alpha value is -4.48. The van der Waals surface area contributed by atoms with Crippen LogP contribution in [0.1, 0.15) is 35.8 Å². The summed E-state index contributed by atoms with van der Waals surface area (Å²) in [4.78, 5) is 61.9. The molecule has 2 aromatic heterocycles. The maximum Gasteiger partial charge on any atom is 0.324 e. The van der Waals surface area contributed by atoms with Crippen molar-refractivity contribution < 1.29 is 23.5 Å². The highest BCUT2D eigenvalue weighted by molar-refractivity contribution is 6.00. The molecule has 0 spiro atoms. The van der Waals surface area contributed by atoms with E-state index in [0.29, 0.717) is 36.4 Å². The van der Waals surface area contributed by atoms with Crippen LogP contribution in [0.4, 0.5) is 20.6 Å². The predicted octanol–water partition coefficient (Wildman–Crippen LogP) is 2.49. The molecule has 1 saturated heterocycles. The fraction of sp³-hybridized carbons (Fsp3) is 0.393. The minimum Gasteiger partial charge on any atom is -0.486 e. The Bertz CT molecular complexity index is 1490. The molecule has 212 valence electrons. The van der Waals surface area contributed by atoms with Gasteiger partial charge in [0.25, 0.3) is 5.91 Å². The van der Waals surface area contributed by atoms with Crippen molar-refractivity contribution in [2.75, 3.05) is 57.2 Å². The van der Waals surface area contributed by atoms with Gasteiger partial charge in [-0.2, -0.15) is 0 Å². The number of urea groups is 1. The van der Waals surface area contributed by atoms with Crippen molar-refractivity contribution in [3.63, 3.8) is 0 Å². The van der Waals surface area contributed by atoms with Crippen LogP contribution in [0.3, 0.4) is 0 Å². The first-order valence-electron chi connectivity index (χ1n) is 13.1. The van der Waals surface area contributed by atoms with Gasteiger partial charge in [0, 0.05) is 46.9 Å². The van der Waals surface area contributed by atoms with Crippen molar-refractivity contribution in [3.05, 3.63) is 64.0 Å². The standard InChI is InChI=1S/C28H33FN6O5/c1-5-6-13-40-24-23(26(37)30-16-21(36)14-18-7-9-19(29)10-8-18)31-25-22(34-12-11-33(4)28(34)39)15-20(32(2)3)17-35(25)27(24)38/h7-10,15,17H,5-6,11-14,16H2,1-4H3,(H,30,37). The Morgan fingerprint density at radius 3 is 2.50 bits per heavy atom. The Balaban J connectivity index is 1.73. The molecular weight excluding hydrogens is 519 g/mol. The number of nitrogens with zero attached hydrogens (tertiary/aromatic N) is 5. The summed E-state index contributed by atoms with van der Waals surface area (Å²) in [5.74, 6) is -1.71. The summed E-state index contributed by atoms with van der Waals surface area (Å²) in [6.07, 6.45) is 3.04. The smallest absolute Gasteiger partial charge is 0.324 e. The predicted molar refractivity (Wildman–Crippen MR) is 149 cm³/mol. The van der Waals surface area contributed by atoms with E-state index in [0.717, 1.165) is 6.42 Å². The fourth-order valence-electron chi connectivity index (χ4n) is 4.26. The summed E-state index contributed by atoms with van der Waals surface area (Å²) in [5, 5.41) is 2.54. The van der Waals surface area contributed by atoms with Crippen LogP contribution in [0.15, 0.2) is 41.3 Å². The van der Waals surface area contributed by atoms with Crippen LogP contribution in [0.2, 0.25) is 0 Å². The lowest BCUT2D eigenvalue weighted by atomic mass is 10.1. The first kappa shape index (κ1) is 28.5. The number of benzene rings is 1. The fourth-order valence-corrected chi connectivity index (χ4v) is 4.26. The average Bonchev–Trinajstić information content (AvgIpc) is 3.26. The van der Waals surface area contributed by atoms with Gasteiger partial charge in [0.1, 0.15) is 5.82 Å². The van der Waals surface area contributed by atoms with Crippen LogP contribution in [0, 0.1) is 5.82 Å². The molecule has 0 atom stereocenters. The first-order chi connectivity index (χ1) is 19.1. The van der Waals surface area contributed by atoms with Gasteiger partial charge in [0.15, 0.2) is 17.1 Å². The van der Waals surface area contributed by atoms with Crippen LogP contribution in [-0.2, 0) is 11.2 Å². The minimum absolute atomic E-state index is 0.00370. The minimum atomic E-state index is -0.758. The number of ketones is 1. The number of nitrogens with one attached hydrogen (secondary N) is 1. The van der Waals surface area contributed by atoms with Gasteiger partial charge >= 0.3 is 11.6 Å². The van der Waals surface area contributed by atoms with Gasteiger partial charge in [0.05, 0.1) is 24.5 Å². The molecule has 0 aliphatic carbocycles. The van der Waals surface area contributed by atoms with Gasteiger partial charge in [0.2, 0.25) is 5.75 Å². The van der Waals surface area contributed by atoms with E-state index in [1.165, 1.54) is 33.6 Å². The third-order valence-electron chi connectivity index (χ3n) is 6.59. The quantitative estimate of drug-likeness (QED) is 0.363. The zero-order valence-electron chi connectivity index (χ0n) is 23.1. The average molecular weight is 553 g/mol. The molecule has 3 amide bonds. The van der Waals surface area contributed by atoms with E-state index in [-0.39, 0.29) is 48.5 Å². The summed E-state index contributed by atoms with van der Waals surface area (Å²) in [5.41, 5.74) is 0.872. The third-order valence-corrected chi connectivity index (χ3v) is 6.59. The van der Waals surface area contributed by atoms with Gasteiger partial charge in [-0.3, -0.25) is 23.7 Å². The molecular formula is C28H33FN6O5. The molecule has 3 heterocycles. The number of anilines is 2. The van der Waals surface area contributed by atoms with E-state index in [4.69, 9.17) is 4.74 Å². The lowest BCUT2D eigenvalue weighted by Gasteiger charge is -2.22. The van der Waals surface area contributed by atoms with Gasteiger partial charge in [-0.05, 0) is 30.2 Å². The molecule has 1 N–H and O–H groups in total. The molecule has 1 fully saturated rings. The topological polar surface area (TPSA) is 117 Å². The number of aromatic nitrogens is 2. The number of Topliss-reactive ketones (excluding diaryl/α,β-unsaturated/α-hetero) is 1. The largest absolute Gasteiger partial charge is 0.486 e. The number of pyridine rings is 1. The van der Waals surface area contributed by atoms with Gasteiger partial charge in [-0.15, -0.1) is 0 Å². The first-order valence-corrected chi connectivity index (χ1v) is 13.1. The number of hydrogen-bond donors (Lipinski definition) is 1. The highest BCUT2D eigenvalue weighted by Gasteiger charge is 2.31. The zero-order chi connectivity index (χ0) is 29.0. The Morgan fingerprint density at radius 1 is 1.15 bits per heavy atom. The van der Waals surface area contributed by atoms with Crippen molar-refractivity contribution >= 4 is 34.7 Å². The number of carbonyl (C=O) groups excluding carboxylic acids is 3. The van der Waals surface area contributed by atoms with Gasteiger partial charge in [-0.1, -0.05) is 25.5 Å². The zero-order valence-corrected chi connectivity index (χ0v) is 23.1. The summed E-state index contributed by atoms with van der Waals surface area (Å²) >= 11 is 0. The van der Waals surface area contributed by atoms with Crippen LogP contribution in [0.5, 0.6) is 5.75 Å². The Kier molecular flexibility index (Phi) is 8.66. The molecule has 12 heteroatoms. The molecule has 0 radical (unpaired) electrons. The second kappa shape index (κ2) is 12.1. The number of fused-ring (bicyclic) bond motifs is 1. The Labute approximate surface area is 231 Å². The summed E-state index contributed by atoms with van der Waals surface area (Å²) < 4.78 is 20.2. The van der Waals surface area contributed by atoms with E-state index in [1.807, 2.05) is 21.0 Å². The van der Waals surface area contributed by atoms with E-state index in [1.54, 1.807) is 29.1 Å². The van der Waals surface area contributed by atoms with Crippen LogP contribution in [0.25, 0.3) is 5.65 Å². The Morgan fingerprint density at radius 2 is 1.88 bits per heavy atom. The van der Waals surface area contributed by atoms with Crippen molar-refractivity contribution in [2.45, 2.75) is 26.2 Å². The van der Waals surface area contributed by atoms with E-state index in [9.17, 15) is 23.6 Å². The summed E-state index contributed by atoms with van der Waals surface area (Å²) in [6, 6.07) is 7.01. The number of rotatable bonds is 11. The molecule has 11 nitrogen and oxygen atoms in total. The second-order valence-corrected chi connectivity index (χ2v) is 9.85. The number of hydrogen-bond acceptors (Lipinski definition) is 7. The summed E-state index contributed by atoms with van der Waals surface area (Å²) in [6.45, 7) is 2.70. The molecule has 1 aliphatic heterocycles. The molecule has 40 heavy (non-hydrogen) atoms. The SMILES string of the molecule is CCCCOc1c(C(=O)NCC(=O)Cc2ccc(F)cc2)nc2c(N3CCN(C)C3=O)cc(N(C)C)cn2c1=O. The third kappa shape index (κ3) is 6.05. The van der Waals surface area contributed by atoms with E-state index in [2.05, 4.69) is 10.3 Å². The highest BCUT2D eigenvalue weighted by Crippen LogP contribution is 2.29. The molecule has 0 unspecified atom stereocenters. The molecule has 4 rings (SSSR count). The molecule has 0 bridgehead atoms. The molecule has 0 saturated carbocycles. The van der Waals surface area contributed by atoms with Crippen LogP contribution < -0.4 is 25.4 Å². The molecule has 3 aromatic rings. The molecule has 1 aliphatic rings. The number of halogens is 1. The maximum atomic E-state index is 13.7. The van der Waals surface area contributed by atoms with Crippen molar-refractivity contribution in [1.29, 1.82) is 0 Å². The lowest BCUT2D eigenvalue weighted by Crippen LogP contribution is -2.34. The number of amides is 3. The van der Waals surface area contributed by atoms with Crippen molar-refractivity contribution in [2.24, 2.45) is 0 Å². The highest BCUT2D eigenvalue weighted by atomic mass is 19.1. The van der Waals surface area contributed by atoms with E-state index < -0.39 is 17.3 Å². The van der Waals surface area contributed by atoms with Crippen molar-refractivity contribution in [1.82, 2.24) is 19.6 Å².